The van der Waals surface area contributed by atoms with Gasteiger partial charge < -0.3 is 10.1 Å². The van der Waals surface area contributed by atoms with Crippen molar-refractivity contribution in [1.29, 1.82) is 0 Å². The summed E-state index contributed by atoms with van der Waals surface area (Å²) in [4.78, 5) is 42.8. The van der Waals surface area contributed by atoms with Crippen LogP contribution in [0.5, 0.6) is 0 Å². The van der Waals surface area contributed by atoms with Gasteiger partial charge in [-0.2, -0.15) is 0 Å². The van der Waals surface area contributed by atoms with E-state index in [1.807, 2.05) is 34.2 Å². The molecule has 3 aromatic heterocycles. The summed E-state index contributed by atoms with van der Waals surface area (Å²) >= 11 is 1.46. The van der Waals surface area contributed by atoms with Crippen LogP contribution < -0.4 is 10.9 Å². The van der Waals surface area contributed by atoms with E-state index in [4.69, 9.17) is 4.74 Å². The topological polar surface area (TPSA) is 99.6 Å². The van der Waals surface area contributed by atoms with Crippen molar-refractivity contribution in [2.24, 2.45) is 7.05 Å². The van der Waals surface area contributed by atoms with E-state index in [0.29, 0.717) is 17.1 Å². The fraction of sp³-hybridized carbons (Fsp3) is 0.238. The molecule has 31 heavy (non-hydrogen) atoms. The first-order chi connectivity index (χ1) is 14.8. The van der Waals surface area contributed by atoms with Crippen LogP contribution in [0.1, 0.15) is 18.3 Å². The maximum absolute atomic E-state index is 12.9. The Hall–Kier alpha value is -3.66. The molecule has 1 aromatic carbocycles. The molecule has 1 amide bonds. The van der Waals surface area contributed by atoms with E-state index in [2.05, 4.69) is 10.3 Å². The number of imidazole rings is 1. The molecule has 1 unspecified atom stereocenters. The normalized spacial score (nSPS) is 12.1. The molecular formula is C21H21N5O4S. The Morgan fingerprint density at radius 1 is 1.26 bits per heavy atom. The Balaban J connectivity index is 1.44. The highest BCUT2D eigenvalue weighted by atomic mass is 32.1. The lowest BCUT2D eigenvalue weighted by atomic mass is 10.3. The quantitative estimate of drug-likeness (QED) is 0.465. The van der Waals surface area contributed by atoms with Crippen LogP contribution in [0, 0.1) is 6.92 Å². The largest absolute Gasteiger partial charge is 0.452 e. The van der Waals surface area contributed by atoms with E-state index in [0.717, 1.165) is 4.96 Å². The molecule has 3 heterocycles. The smallest absolute Gasteiger partial charge is 0.312 e. The molecule has 0 bridgehead atoms. The molecule has 9 nitrogen and oxygen atoms in total. The average molecular weight is 439 g/mol. The van der Waals surface area contributed by atoms with Gasteiger partial charge in [0, 0.05) is 24.8 Å². The first kappa shape index (κ1) is 20.6. The number of nitrogens with one attached hydrogen (secondary N) is 1. The van der Waals surface area contributed by atoms with Crippen molar-refractivity contribution in [2.75, 3.05) is 5.32 Å². The van der Waals surface area contributed by atoms with Crippen molar-refractivity contribution >= 4 is 33.9 Å². The summed E-state index contributed by atoms with van der Waals surface area (Å²) in [5.41, 5.74) is 1.61. The van der Waals surface area contributed by atoms with Crippen molar-refractivity contribution in [2.45, 2.75) is 26.4 Å². The van der Waals surface area contributed by atoms with Crippen LogP contribution in [0.15, 0.2) is 52.9 Å². The number of anilines is 1. The predicted molar refractivity (Wildman–Crippen MR) is 117 cm³/mol. The van der Waals surface area contributed by atoms with Crippen molar-refractivity contribution in [3.05, 3.63) is 69.8 Å². The molecule has 1 N–H and O–H groups in total. The second kappa shape index (κ2) is 8.23. The summed E-state index contributed by atoms with van der Waals surface area (Å²) in [7, 11) is 1.73. The minimum absolute atomic E-state index is 0.0444. The highest BCUT2D eigenvalue weighted by Gasteiger charge is 2.23. The number of esters is 1. The lowest BCUT2D eigenvalue weighted by Crippen LogP contribution is -2.32. The summed E-state index contributed by atoms with van der Waals surface area (Å²) in [5, 5.41) is 4.50. The van der Waals surface area contributed by atoms with Crippen LogP contribution in [0.25, 0.3) is 10.6 Å². The van der Waals surface area contributed by atoms with E-state index >= 15 is 0 Å². The van der Waals surface area contributed by atoms with Crippen LogP contribution in [-0.2, 0) is 27.8 Å². The summed E-state index contributed by atoms with van der Waals surface area (Å²) in [6.45, 7) is 3.20. The molecule has 160 valence electrons. The molecule has 0 aliphatic heterocycles. The Bertz CT molecular complexity index is 1290. The van der Waals surface area contributed by atoms with Gasteiger partial charge in [0.15, 0.2) is 11.1 Å². The van der Waals surface area contributed by atoms with Crippen molar-refractivity contribution < 1.29 is 14.3 Å². The van der Waals surface area contributed by atoms with E-state index in [-0.39, 0.29) is 17.7 Å². The first-order valence-corrected chi connectivity index (χ1v) is 10.5. The van der Waals surface area contributed by atoms with Gasteiger partial charge in [0.05, 0.1) is 23.5 Å². The molecule has 0 saturated carbocycles. The van der Waals surface area contributed by atoms with Crippen molar-refractivity contribution in [1.82, 2.24) is 18.7 Å². The highest BCUT2D eigenvalue weighted by Crippen LogP contribution is 2.15. The molecule has 4 rings (SSSR count). The van der Waals surface area contributed by atoms with Gasteiger partial charge in [-0.15, -0.1) is 11.3 Å². The second-order valence-electron chi connectivity index (χ2n) is 7.06. The minimum Gasteiger partial charge on any atom is -0.452 e. The molecule has 0 spiro atoms. The first-order valence-electron chi connectivity index (χ1n) is 9.60. The molecular weight excluding hydrogens is 418 g/mol. The Morgan fingerprint density at radius 2 is 2.00 bits per heavy atom. The third-order valence-corrected chi connectivity index (χ3v) is 5.72. The molecule has 0 saturated heterocycles. The fourth-order valence-corrected chi connectivity index (χ4v) is 3.96. The van der Waals surface area contributed by atoms with Gasteiger partial charge in [-0.05, 0) is 26.0 Å². The average Bonchev–Trinajstić information content (AvgIpc) is 3.38. The third kappa shape index (κ3) is 4.02. The monoisotopic (exact) mass is 439 g/mol. The number of nitrogens with zero attached hydrogens (tertiary/aromatic N) is 4. The number of amides is 1. The lowest BCUT2D eigenvalue weighted by molar-refractivity contribution is -0.152. The minimum atomic E-state index is -1.07. The van der Waals surface area contributed by atoms with Gasteiger partial charge in [-0.1, -0.05) is 18.2 Å². The van der Waals surface area contributed by atoms with E-state index in [9.17, 15) is 14.4 Å². The van der Waals surface area contributed by atoms with Gasteiger partial charge in [0.1, 0.15) is 5.69 Å². The van der Waals surface area contributed by atoms with Gasteiger partial charge in [-0.3, -0.25) is 23.5 Å². The number of para-hydroxylation sites is 1. The molecule has 0 aliphatic rings. The number of ether oxygens (including phenoxy) is 1. The zero-order chi connectivity index (χ0) is 22.1. The maximum atomic E-state index is 12.9. The van der Waals surface area contributed by atoms with Gasteiger partial charge in [0.25, 0.3) is 11.5 Å². The van der Waals surface area contributed by atoms with Gasteiger partial charge >= 0.3 is 5.97 Å². The van der Waals surface area contributed by atoms with Crippen LogP contribution in [0.2, 0.25) is 0 Å². The summed E-state index contributed by atoms with van der Waals surface area (Å²) in [6.07, 6.45) is 2.48. The zero-order valence-electron chi connectivity index (χ0n) is 17.2. The summed E-state index contributed by atoms with van der Waals surface area (Å²) < 4.78 is 10.2. The number of hydrogen-bond donors (Lipinski definition) is 1. The summed E-state index contributed by atoms with van der Waals surface area (Å²) in [5.74, 6) is -1.15. The predicted octanol–water partition coefficient (Wildman–Crippen LogP) is 2.31. The number of rotatable bonds is 6. The zero-order valence-corrected chi connectivity index (χ0v) is 18.0. The Labute approximate surface area is 181 Å². The third-order valence-electron chi connectivity index (χ3n) is 4.95. The number of aromatic nitrogens is 4. The molecule has 0 aliphatic carbocycles. The van der Waals surface area contributed by atoms with Crippen LogP contribution in [0.4, 0.5) is 5.69 Å². The molecule has 10 heteroatoms. The molecule has 1 atom stereocenters. The number of fused-ring (bicyclic) bond motifs is 1. The van der Waals surface area contributed by atoms with Gasteiger partial charge in [0.2, 0.25) is 0 Å². The van der Waals surface area contributed by atoms with E-state index in [1.165, 1.54) is 22.9 Å². The van der Waals surface area contributed by atoms with Crippen LogP contribution >= 0.6 is 11.3 Å². The van der Waals surface area contributed by atoms with E-state index in [1.54, 1.807) is 37.0 Å². The standard InChI is InChI=1S/C21H21N5O4S/c1-13-18(20(29)26(24(13)3)16-7-5-4-6-8-16)23-19(28)14(2)30-17(27)11-15-12-25-9-10-31-21(25)22-15/h4-10,12,14H,11H2,1-3H3,(H,23,28). The number of hydrogen-bond acceptors (Lipinski definition) is 6. The fourth-order valence-electron chi connectivity index (χ4n) is 3.24. The van der Waals surface area contributed by atoms with Crippen molar-refractivity contribution in [3.63, 3.8) is 0 Å². The highest BCUT2D eigenvalue weighted by molar-refractivity contribution is 7.15. The van der Waals surface area contributed by atoms with Crippen molar-refractivity contribution in [3.8, 4) is 5.69 Å². The Kier molecular flexibility index (Phi) is 5.47. The number of thiazole rings is 1. The SMILES string of the molecule is Cc1c(NC(=O)C(C)OC(=O)Cc2cn3ccsc3n2)c(=O)n(-c2ccccc2)n1C. The number of carbonyl (C=O) groups excluding carboxylic acids is 2. The van der Waals surface area contributed by atoms with E-state index < -0.39 is 18.0 Å². The number of benzene rings is 1. The molecule has 0 fully saturated rings. The van der Waals surface area contributed by atoms with Crippen LogP contribution in [0.3, 0.4) is 0 Å². The Morgan fingerprint density at radius 3 is 2.71 bits per heavy atom. The summed E-state index contributed by atoms with van der Waals surface area (Å²) in [6, 6.07) is 9.12. The second-order valence-corrected chi connectivity index (χ2v) is 7.93. The molecule has 0 radical (unpaired) electrons. The maximum Gasteiger partial charge on any atom is 0.312 e. The lowest BCUT2D eigenvalue weighted by Gasteiger charge is -2.12. The molecule has 4 aromatic rings. The number of carbonyl (C=O) groups is 2. The van der Waals surface area contributed by atoms with Gasteiger partial charge in [-0.25, -0.2) is 9.67 Å². The van der Waals surface area contributed by atoms with Crippen LogP contribution in [-0.4, -0.2) is 36.7 Å².